The number of para-hydroxylation sites is 2. The lowest BCUT2D eigenvalue weighted by Gasteiger charge is -2.10. The Labute approximate surface area is 131 Å². The quantitative estimate of drug-likeness (QED) is 0.526. The summed E-state index contributed by atoms with van der Waals surface area (Å²) in [5.74, 6) is 1.09. The molecule has 0 amide bonds. The van der Waals surface area contributed by atoms with Crippen LogP contribution in [-0.4, -0.2) is 54.1 Å². The molecule has 0 atom stereocenters. The lowest BCUT2D eigenvalue weighted by molar-refractivity contribution is 0.138. The Kier molecular flexibility index (Phi) is 6.54. The zero-order valence-corrected chi connectivity index (χ0v) is 14.0. The van der Waals surface area contributed by atoms with Gasteiger partial charge < -0.3 is 14.2 Å². The third kappa shape index (κ3) is 4.73. The molecule has 0 N–H and O–H groups in total. The SMILES string of the molecule is CCOCCn1c(SCCCN(C)C)nc2ccccc21. The molecule has 0 bridgehead atoms. The molecule has 2 rings (SSSR count). The molecule has 116 valence electrons. The van der Waals surface area contributed by atoms with Crippen LogP contribution in [-0.2, 0) is 11.3 Å². The van der Waals surface area contributed by atoms with Gasteiger partial charge in [-0.2, -0.15) is 0 Å². The van der Waals surface area contributed by atoms with E-state index in [1.54, 1.807) is 0 Å². The lowest BCUT2D eigenvalue weighted by atomic mass is 10.3. The molecule has 0 unspecified atom stereocenters. The molecule has 1 heterocycles. The zero-order valence-electron chi connectivity index (χ0n) is 13.2. The molecule has 2 aromatic rings. The fraction of sp³-hybridized carbons (Fsp3) is 0.562. The second-order valence-electron chi connectivity index (χ2n) is 5.24. The summed E-state index contributed by atoms with van der Waals surface area (Å²) in [7, 11) is 4.23. The van der Waals surface area contributed by atoms with Gasteiger partial charge >= 0.3 is 0 Å². The van der Waals surface area contributed by atoms with Crippen molar-refractivity contribution in [2.24, 2.45) is 0 Å². The van der Waals surface area contributed by atoms with Crippen LogP contribution in [0, 0.1) is 0 Å². The number of rotatable bonds is 9. The van der Waals surface area contributed by atoms with Crippen LogP contribution in [0.3, 0.4) is 0 Å². The van der Waals surface area contributed by atoms with Gasteiger partial charge in [0.05, 0.1) is 17.6 Å². The summed E-state index contributed by atoms with van der Waals surface area (Å²) in [6.45, 7) is 5.51. The predicted molar refractivity (Wildman–Crippen MR) is 90.1 cm³/mol. The maximum absolute atomic E-state index is 5.50. The summed E-state index contributed by atoms with van der Waals surface area (Å²) in [5.41, 5.74) is 2.27. The highest BCUT2D eigenvalue weighted by Crippen LogP contribution is 2.24. The maximum Gasteiger partial charge on any atom is 0.169 e. The van der Waals surface area contributed by atoms with E-state index in [-0.39, 0.29) is 0 Å². The summed E-state index contributed by atoms with van der Waals surface area (Å²) in [6.07, 6.45) is 1.17. The Morgan fingerprint density at radius 3 is 2.86 bits per heavy atom. The molecular formula is C16H25N3OS. The fourth-order valence-corrected chi connectivity index (χ4v) is 3.19. The molecule has 5 heteroatoms. The van der Waals surface area contributed by atoms with Gasteiger partial charge in [0.25, 0.3) is 0 Å². The van der Waals surface area contributed by atoms with Gasteiger partial charge in [-0.1, -0.05) is 23.9 Å². The van der Waals surface area contributed by atoms with Crippen LogP contribution in [0.25, 0.3) is 11.0 Å². The second-order valence-corrected chi connectivity index (χ2v) is 6.30. The van der Waals surface area contributed by atoms with Crippen LogP contribution in [0.2, 0.25) is 0 Å². The number of hydrogen-bond donors (Lipinski definition) is 0. The van der Waals surface area contributed by atoms with E-state index in [1.807, 2.05) is 24.8 Å². The highest BCUT2D eigenvalue weighted by atomic mass is 32.2. The largest absolute Gasteiger partial charge is 0.380 e. The Balaban J connectivity index is 2.07. The molecule has 1 aromatic heterocycles. The molecule has 1 aromatic carbocycles. The van der Waals surface area contributed by atoms with E-state index in [0.29, 0.717) is 0 Å². The number of imidazole rings is 1. The number of aromatic nitrogens is 2. The van der Waals surface area contributed by atoms with Crippen molar-refractivity contribution >= 4 is 22.8 Å². The molecule has 4 nitrogen and oxygen atoms in total. The van der Waals surface area contributed by atoms with E-state index in [1.165, 1.54) is 11.9 Å². The molecular weight excluding hydrogens is 282 g/mol. The number of hydrogen-bond acceptors (Lipinski definition) is 4. The maximum atomic E-state index is 5.50. The van der Waals surface area contributed by atoms with Crippen LogP contribution < -0.4 is 0 Å². The van der Waals surface area contributed by atoms with Gasteiger partial charge in [-0.15, -0.1) is 0 Å². The van der Waals surface area contributed by atoms with Gasteiger partial charge in [0.1, 0.15) is 0 Å². The van der Waals surface area contributed by atoms with Crippen molar-refractivity contribution in [2.75, 3.05) is 39.6 Å². The van der Waals surface area contributed by atoms with Crippen molar-refractivity contribution < 1.29 is 4.74 Å². The van der Waals surface area contributed by atoms with Gasteiger partial charge in [0.2, 0.25) is 0 Å². The van der Waals surface area contributed by atoms with Crippen molar-refractivity contribution in [3.05, 3.63) is 24.3 Å². The molecule has 21 heavy (non-hydrogen) atoms. The number of fused-ring (bicyclic) bond motifs is 1. The topological polar surface area (TPSA) is 30.3 Å². The number of nitrogens with zero attached hydrogens (tertiary/aromatic N) is 3. The molecule has 0 radical (unpaired) electrons. The van der Waals surface area contributed by atoms with Gasteiger partial charge in [-0.25, -0.2) is 4.98 Å². The Hall–Kier alpha value is -1.04. The third-order valence-corrected chi connectivity index (χ3v) is 4.33. The smallest absolute Gasteiger partial charge is 0.169 e. The van der Waals surface area contributed by atoms with Gasteiger partial charge in [-0.3, -0.25) is 0 Å². The fourth-order valence-electron chi connectivity index (χ4n) is 2.22. The Morgan fingerprint density at radius 1 is 1.29 bits per heavy atom. The van der Waals surface area contributed by atoms with Crippen LogP contribution in [0.4, 0.5) is 0 Å². The summed E-state index contributed by atoms with van der Waals surface area (Å²) in [5, 5.41) is 1.11. The monoisotopic (exact) mass is 307 g/mol. The number of thioether (sulfide) groups is 1. The van der Waals surface area contributed by atoms with Crippen LogP contribution in [0.15, 0.2) is 29.4 Å². The molecule has 0 saturated carbocycles. The predicted octanol–water partition coefficient (Wildman–Crippen LogP) is 3.12. The van der Waals surface area contributed by atoms with Gasteiger partial charge in [0.15, 0.2) is 5.16 Å². The van der Waals surface area contributed by atoms with E-state index in [9.17, 15) is 0 Å². The lowest BCUT2D eigenvalue weighted by Crippen LogP contribution is -2.13. The van der Waals surface area contributed by atoms with Gasteiger partial charge in [-0.05, 0) is 46.1 Å². The summed E-state index contributed by atoms with van der Waals surface area (Å²) >= 11 is 1.84. The molecule has 0 aliphatic rings. The first-order chi connectivity index (χ1) is 10.2. The normalized spacial score (nSPS) is 11.6. The first-order valence-corrected chi connectivity index (χ1v) is 8.51. The van der Waals surface area contributed by atoms with E-state index in [2.05, 4.69) is 41.8 Å². The standard InChI is InChI=1S/C16H25N3OS/c1-4-20-12-11-19-15-9-6-5-8-14(15)17-16(19)21-13-7-10-18(2)3/h5-6,8-9H,4,7,10-13H2,1-3H3. The first kappa shape index (κ1) is 16.3. The molecule has 0 saturated heterocycles. The summed E-state index contributed by atoms with van der Waals surface area (Å²) in [4.78, 5) is 6.99. The number of ether oxygens (including phenoxy) is 1. The van der Waals surface area contributed by atoms with Crippen LogP contribution in [0.1, 0.15) is 13.3 Å². The van der Waals surface area contributed by atoms with E-state index < -0.39 is 0 Å². The minimum atomic E-state index is 0.738. The highest BCUT2D eigenvalue weighted by Gasteiger charge is 2.10. The molecule has 0 spiro atoms. The Bertz CT molecular complexity index is 553. The summed E-state index contributed by atoms with van der Waals surface area (Å²) in [6, 6.07) is 8.33. The van der Waals surface area contributed by atoms with E-state index >= 15 is 0 Å². The van der Waals surface area contributed by atoms with Crippen molar-refractivity contribution in [2.45, 2.75) is 25.0 Å². The van der Waals surface area contributed by atoms with Crippen molar-refractivity contribution in [3.8, 4) is 0 Å². The minimum absolute atomic E-state index is 0.738. The second kappa shape index (κ2) is 8.41. The van der Waals surface area contributed by atoms with Crippen LogP contribution in [0.5, 0.6) is 0 Å². The van der Waals surface area contributed by atoms with E-state index in [0.717, 1.165) is 42.7 Å². The van der Waals surface area contributed by atoms with E-state index in [4.69, 9.17) is 9.72 Å². The van der Waals surface area contributed by atoms with Crippen LogP contribution >= 0.6 is 11.8 Å². The van der Waals surface area contributed by atoms with Gasteiger partial charge in [0, 0.05) is 18.9 Å². The van der Waals surface area contributed by atoms with Crippen molar-refractivity contribution in [1.29, 1.82) is 0 Å². The zero-order chi connectivity index (χ0) is 15.1. The average Bonchev–Trinajstić information content (AvgIpc) is 2.82. The highest BCUT2D eigenvalue weighted by molar-refractivity contribution is 7.99. The van der Waals surface area contributed by atoms with Crippen molar-refractivity contribution in [1.82, 2.24) is 14.5 Å². The summed E-state index contributed by atoms with van der Waals surface area (Å²) < 4.78 is 7.79. The molecule has 0 aliphatic carbocycles. The Morgan fingerprint density at radius 2 is 2.10 bits per heavy atom. The average molecular weight is 307 g/mol. The van der Waals surface area contributed by atoms with Crippen molar-refractivity contribution in [3.63, 3.8) is 0 Å². The third-order valence-electron chi connectivity index (χ3n) is 3.26. The molecule has 0 aliphatic heterocycles. The first-order valence-electron chi connectivity index (χ1n) is 7.53. The number of benzene rings is 1. The molecule has 0 fully saturated rings. The minimum Gasteiger partial charge on any atom is -0.380 e.